The fourth-order valence-corrected chi connectivity index (χ4v) is 4.02. The number of thiazole rings is 1. The van der Waals surface area contributed by atoms with E-state index in [0.29, 0.717) is 11.4 Å². The Hall–Kier alpha value is -0.980. The molecule has 1 aromatic rings. The second-order valence-electron chi connectivity index (χ2n) is 6.00. The molecule has 0 spiro atoms. The molecule has 3 rings (SSSR count). The van der Waals surface area contributed by atoms with Crippen molar-refractivity contribution in [2.45, 2.75) is 44.8 Å². The lowest BCUT2D eigenvalue weighted by Crippen LogP contribution is -2.46. The molecule has 3 unspecified atom stereocenters. The smallest absolute Gasteiger partial charge is 0.265 e. The molecule has 0 radical (unpaired) electrons. The average Bonchev–Trinajstić information content (AvgIpc) is 3.18. The maximum absolute atomic E-state index is 12.7. The quantitative estimate of drug-likeness (QED) is 0.930. The molecule has 116 valence electrons. The van der Waals surface area contributed by atoms with E-state index in [9.17, 15) is 9.90 Å². The van der Waals surface area contributed by atoms with Crippen LogP contribution < -0.4 is 0 Å². The van der Waals surface area contributed by atoms with Crippen LogP contribution in [0.15, 0.2) is 6.20 Å². The van der Waals surface area contributed by atoms with Crippen molar-refractivity contribution in [3.63, 3.8) is 0 Å². The number of hydrogen-bond donors (Lipinski definition) is 1. The maximum Gasteiger partial charge on any atom is 0.265 e. The van der Waals surface area contributed by atoms with E-state index in [1.165, 1.54) is 11.3 Å². The first-order valence-electron chi connectivity index (χ1n) is 7.68. The zero-order valence-corrected chi connectivity index (χ0v) is 13.1. The van der Waals surface area contributed by atoms with Gasteiger partial charge in [0.2, 0.25) is 0 Å². The van der Waals surface area contributed by atoms with E-state index in [1.807, 2.05) is 4.90 Å². The number of piperidine rings is 1. The van der Waals surface area contributed by atoms with Gasteiger partial charge in [0.05, 0.1) is 6.20 Å². The molecule has 2 aliphatic heterocycles. The molecule has 21 heavy (non-hydrogen) atoms. The summed E-state index contributed by atoms with van der Waals surface area (Å²) in [4.78, 5) is 19.6. The van der Waals surface area contributed by atoms with Gasteiger partial charge in [-0.3, -0.25) is 4.79 Å². The number of hydrogen-bond acceptors (Lipinski definition) is 5. The number of aliphatic hydroxyl groups excluding tert-OH is 1. The summed E-state index contributed by atoms with van der Waals surface area (Å²) >= 11 is 1.45. The summed E-state index contributed by atoms with van der Waals surface area (Å²) in [7, 11) is 0. The van der Waals surface area contributed by atoms with E-state index in [2.05, 4.69) is 11.9 Å². The van der Waals surface area contributed by atoms with Crippen LogP contribution in [0.5, 0.6) is 0 Å². The van der Waals surface area contributed by atoms with Gasteiger partial charge in [0.1, 0.15) is 16.0 Å². The standard InChI is InChI=1S/C15H22N2O3S/c1-10-4-5-11(9-18)8-17(10)15(19)13-7-16-14(21-13)12-3-2-6-20-12/h7,10-12,18H,2-6,8-9H2,1H3. The van der Waals surface area contributed by atoms with Crippen LogP contribution in [-0.4, -0.2) is 46.7 Å². The highest BCUT2D eigenvalue weighted by atomic mass is 32.1. The Bertz CT molecular complexity index is 499. The Balaban J connectivity index is 1.71. The molecule has 0 aliphatic carbocycles. The zero-order chi connectivity index (χ0) is 14.8. The lowest BCUT2D eigenvalue weighted by molar-refractivity contribution is 0.0493. The third kappa shape index (κ3) is 3.12. The summed E-state index contributed by atoms with van der Waals surface area (Å²) in [6, 6.07) is 0.230. The van der Waals surface area contributed by atoms with Gasteiger partial charge in [-0.05, 0) is 38.5 Å². The largest absolute Gasteiger partial charge is 0.396 e. The van der Waals surface area contributed by atoms with Gasteiger partial charge in [-0.2, -0.15) is 0 Å². The second kappa shape index (κ2) is 6.42. The number of ether oxygens (including phenoxy) is 1. The number of amides is 1. The molecule has 1 amide bonds. The molecule has 1 aromatic heterocycles. The minimum absolute atomic E-state index is 0.0439. The molecule has 1 N–H and O–H groups in total. The number of carbonyl (C=O) groups is 1. The minimum Gasteiger partial charge on any atom is -0.396 e. The monoisotopic (exact) mass is 310 g/mol. The maximum atomic E-state index is 12.7. The number of carbonyl (C=O) groups excluding carboxylic acids is 1. The van der Waals surface area contributed by atoms with Crippen molar-refractivity contribution in [3.8, 4) is 0 Å². The van der Waals surface area contributed by atoms with Crippen LogP contribution in [0.3, 0.4) is 0 Å². The van der Waals surface area contributed by atoms with Crippen LogP contribution in [0.25, 0.3) is 0 Å². The highest BCUT2D eigenvalue weighted by Gasteiger charge is 2.31. The van der Waals surface area contributed by atoms with Crippen molar-refractivity contribution < 1.29 is 14.6 Å². The Morgan fingerprint density at radius 2 is 2.38 bits per heavy atom. The Labute approximate surface area is 128 Å². The van der Waals surface area contributed by atoms with E-state index in [-0.39, 0.29) is 30.6 Å². The first-order valence-corrected chi connectivity index (χ1v) is 8.50. The van der Waals surface area contributed by atoms with Gasteiger partial charge in [-0.25, -0.2) is 4.98 Å². The number of nitrogens with zero attached hydrogens (tertiary/aromatic N) is 2. The SMILES string of the molecule is CC1CCC(CO)CN1C(=O)c1cnc(C2CCCO2)s1. The van der Waals surface area contributed by atoms with Crippen molar-refractivity contribution in [3.05, 3.63) is 16.1 Å². The second-order valence-corrected chi connectivity index (χ2v) is 7.06. The van der Waals surface area contributed by atoms with Crippen molar-refractivity contribution in [1.82, 2.24) is 9.88 Å². The van der Waals surface area contributed by atoms with Crippen LogP contribution in [-0.2, 0) is 4.74 Å². The summed E-state index contributed by atoms with van der Waals surface area (Å²) in [5.41, 5.74) is 0. The summed E-state index contributed by atoms with van der Waals surface area (Å²) in [5.74, 6) is 0.248. The van der Waals surface area contributed by atoms with E-state index in [1.54, 1.807) is 6.20 Å². The van der Waals surface area contributed by atoms with Gasteiger partial charge >= 0.3 is 0 Å². The molecule has 3 heterocycles. The summed E-state index contributed by atoms with van der Waals surface area (Å²) in [6.45, 7) is 3.66. The van der Waals surface area contributed by atoms with E-state index >= 15 is 0 Å². The Morgan fingerprint density at radius 3 is 3.10 bits per heavy atom. The minimum atomic E-state index is 0.0439. The molecular weight excluding hydrogens is 288 g/mol. The lowest BCUT2D eigenvalue weighted by Gasteiger charge is -2.37. The molecule has 2 fully saturated rings. The lowest BCUT2D eigenvalue weighted by atomic mass is 9.94. The summed E-state index contributed by atoms with van der Waals surface area (Å²) < 4.78 is 5.62. The molecule has 0 saturated carbocycles. The van der Waals surface area contributed by atoms with Crippen LogP contribution >= 0.6 is 11.3 Å². The number of likely N-dealkylation sites (tertiary alicyclic amines) is 1. The Morgan fingerprint density at radius 1 is 1.52 bits per heavy atom. The summed E-state index contributed by atoms with van der Waals surface area (Å²) in [5, 5.41) is 10.2. The van der Waals surface area contributed by atoms with Crippen LogP contribution in [0.1, 0.15) is 53.4 Å². The van der Waals surface area contributed by atoms with E-state index in [0.717, 1.165) is 37.3 Å². The Kier molecular flexibility index (Phi) is 4.57. The van der Waals surface area contributed by atoms with Gasteiger partial charge in [0, 0.05) is 25.8 Å². The van der Waals surface area contributed by atoms with Gasteiger partial charge in [-0.1, -0.05) is 0 Å². The van der Waals surface area contributed by atoms with Crippen molar-refractivity contribution in [2.24, 2.45) is 5.92 Å². The predicted molar refractivity (Wildman–Crippen MR) is 80.3 cm³/mol. The van der Waals surface area contributed by atoms with Crippen LogP contribution in [0.2, 0.25) is 0 Å². The number of aliphatic hydroxyl groups is 1. The van der Waals surface area contributed by atoms with Crippen LogP contribution in [0.4, 0.5) is 0 Å². The molecule has 0 aromatic carbocycles. The van der Waals surface area contributed by atoms with E-state index in [4.69, 9.17) is 4.74 Å². The van der Waals surface area contributed by atoms with Crippen molar-refractivity contribution in [1.29, 1.82) is 0 Å². The molecule has 6 heteroatoms. The normalized spacial score (nSPS) is 29.8. The molecule has 2 aliphatic rings. The number of aromatic nitrogens is 1. The van der Waals surface area contributed by atoms with Crippen molar-refractivity contribution in [2.75, 3.05) is 19.8 Å². The fraction of sp³-hybridized carbons (Fsp3) is 0.733. The highest BCUT2D eigenvalue weighted by Crippen LogP contribution is 2.32. The molecule has 3 atom stereocenters. The zero-order valence-electron chi connectivity index (χ0n) is 12.3. The number of rotatable bonds is 3. The van der Waals surface area contributed by atoms with Gasteiger partial charge < -0.3 is 14.7 Å². The fourth-order valence-electron chi connectivity index (χ4n) is 3.06. The van der Waals surface area contributed by atoms with Gasteiger partial charge in [0.15, 0.2) is 0 Å². The highest BCUT2D eigenvalue weighted by molar-refractivity contribution is 7.13. The third-order valence-corrected chi connectivity index (χ3v) is 5.52. The predicted octanol–water partition coefficient (Wildman–Crippen LogP) is 2.23. The molecule has 0 bridgehead atoms. The van der Waals surface area contributed by atoms with Gasteiger partial charge in [-0.15, -0.1) is 11.3 Å². The van der Waals surface area contributed by atoms with E-state index < -0.39 is 0 Å². The summed E-state index contributed by atoms with van der Waals surface area (Å²) in [6.07, 6.45) is 5.75. The average molecular weight is 310 g/mol. The molecular formula is C15H22N2O3S. The van der Waals surface area contributed by atoms with Gasteiger partial charge in [0.25, 0.3) is 5.91 Å². The van der Waals surface area contributed by atoms with Crippen LogP contribution in [0, 0.1) is 5.92 Å². The van der Waals surface area contributed by atoms with Crippen molar-refractivity contribution >= 4 is 17.2 Å². The molecule has 2 saturated heterocycles. The molecule has 5 nitrogen and oxygen atoms in total. The first-order chi connectivity index (χ1) is 10.2. The topological polar surface area (TPSA) is 62.7 Å². The third-order valence-electron chi connectivity index (χ3n) is 4.44. The first kappa shape index (κ1) is 14.9.